The molecule has 0 aromatic heterocycles. The summed E-state index contributed by atoms with van der Waals surface area (Å²) >= 11 is 0. The molecule has 5 aromatic rings. The van der Waals surface area contributed by atoms with Crippen molar-refractivity contribution in [3.05, 3.63) is 282 Å². The van der Waals surface area contributed by atoms with Gasteiger partial charge in [-0.15, -0.1) is 0 Å². The summed E-state index contributed by atoms with van der Waals surface area (Å²) in [6.07, 6.45) is 38.2. The Balaban J connectivity index is 0.000000250. The minimum atomic E-state index is -0.226. The van der Waals surface area contributed by atoms with Crippen LogP contribution in [0.1, 0.15) is 78.1 Å². The van der Waals surface area contributed by atoms with Crippen LogP contribution in [0, 0.1) is 6.92 Å². The van der Waals surface area contributed by atoms with Gasteiger partial charge in [0.2, 0.25) is 0 Å². The van der Waals surface area contributed by atoms with E-state index in [2.05, 4.69) is 141 Å². The van der Waals surface area contributed by atoms with Gasteiger partial charge in [0.1, 0.15) is 0 Å². The Labute approximate surface area is 372 Å². The van der Waals surface area contributed by atoms with Crippen LogP contribution in [0.3, 0.4) is 0 Å². The summed E-state index contributed by atoms with van der Waals surface area (Å²) in [6, 6.07) is 43.3. The van der Waals surface area contributed by atoms with Crippen LogP contribution >= 0.6 is 0 Å². The number of fused-ring (bicyclic) bond motifs is 4. The zero-order chi connectivity index (χ0) is 44.0. The Bertz CT molecular complexity index is 2520. The molecule has 0 spiro atoms. The van der Waals surface area contributed by atoms with E-state index in [1.165, 1.54) is 50.1 Å². The quantitative estimate of drug-likeness (QED) is 0.0666. The normalized spacial score (nSPS) is 15.7. The third-order valence-corrected chi connectivity index (χ3v) is 10.8. The highest BCUT2D eigenvalue weighted by Crippen LogP contribution is 2.55. The van der Waals surface area contributed by atoms with E-state index in [-0.39, 0.29) is 5.41 Å². The van der Waals surface area contributed by atoms with Gasteiger partial charge in [0.25, 0.3) is 0 Å². The van der Waals surface area contributed by atoms with Crippen molar-refractivity contribution >= 4 is 17.3 Å². The van der Waals surface area contributed by atoms with E-state index in [0.29, 0.717) is 0 Å². The van der Waals surface area contributed by atoms with Gasteiger partial charge in [0, 0.05) is 5.41 Å². The first-order valence-electron chi connectivity index (χ1n) is 21.8. The smallest absolute Gasteiger partial charge is 0.0557 e. The molecular formula is C60H62N2. The third kappa shape index (κ3) is 11.8. The van der Waals surface area contributed by atoms with Crippen molar-refractivity contribution in [3.63, 3.8) is 0 Å². The lowest BCUT2D eigenvalue weighted by atomic mass is 9.69. The lowest BCUT2D eigenvalue weighted by Crippen LogP contribution is -2.26. The number of benzene rings is 5. The van der Waals surface area contributed by atoms with Gasteiger partial charge in [-0.3, -0.25) is 5.84 Å². The molecule has 0 aliphatic heterocycles. The Kier molecular flexibility index (Phi) is 18.1. The number of rotatable bonds is 14. The summed E-state index contributed by atoms with van der Waals surface area (Å²) in [5.41, 5.74) is 18.8. The first-order chi connectivity index (χ1) is 30.5. The van der Waals surface area contributed by atoms with Gasteiger partial charge >= 0.3 is 0 Å². The molecule has 2 aliphatic carbocycles. The highest BCUT2D eigenvalue weighted by molar-refractivity contribution is 5.86. The van der Waals surface area contributed by atoms with Crippen molar-refractivity contribution in [1.82, 2.24) is 5.43 Å². The second-order valence-corrected chi connectivity index (χ2v) is 14.9. The van der Waals surface area contributed by atoms with E-state index < -0.39 is 0 Å². The minimum Gasteiger partial charge on any atom is -0.324 e. The number of nitrogens with one attached hydrogen (secondary N) is 1. The number of hydrogen-bond acceptors (Lipinski definition) is 2. The van der Waals surface area contributed by atoms with Gasteiger partial charge < -0.3 is 5.43 Å². The molecule has 0 bridgehead atoms. The number of nitrogens with two attached hydrogens (primary N) is 1. The summed E-state index contributed by atoms with van der Waals surface area (Å²) in [4.78, 5) is 0. The monoisotopic (exact) mass is 810 g/mol. The van der Waals surface area contributed by atoms with E-state index in [9.17, 15) is 0 Å². The molecular weight excluding hydrogens is 749 g/mol. The van der Waals surface area contributed by atoms with Crippen LogP contribution in [0.4, 0.5) is 0 Å². The predicted octanol–water partition coefficient (Wildman–Crippen LogP) is 15.4. The molecule has 62 heavy (non-hydrogen) atoms. The Morgan fingerprint density at radius 2 is 1.35 bits per heavy atom. The molecule has 1 unspecified atom stereocenters. The Hall–Kier alpha value is -7.00. The maximum Gasteiger partial charge on any atom is 0.0557 e. The van der Waals surface area contributed by atoms with Gasteiger partial charge in [0.15, 0.2) is 0 Å². The van der Waals surface area contributed by atoms with E-state index in [0.717, 1.165) is 41.7 Å². The number of hydrogen-bond donors (Lipinski definition) is 2. The van der Waals surface area contributed by atoms with Crippen molar-refractivity contribution in [2.75, 3.05) is 0 Å². The number of hydrazine groups is 1. The largest absolute Gasteiger partial charge is 0.324 e. The lowest BCUT2D eigenvalue weighted by molar-refractivity contribution is 0.644. The van der Waals surface area contributed by atoms with Gasteiger partial charge in [-0.1, -0.05) is 245 Å². The van der Waals surface area contributed by atoms with Gasteiger partial charge in [-0.25, -0.2) is 0 Å². The summed E-state index contributed by atoms with van der Waals surface area (Å²) in [6.45, 7) is 16.0. The average molecular weight is 811 g/mol. The summed E-state index contributed by atoms with van der Waals surface area (Å²) in [5.74, 6) is 5.64. The SMILES string of the molecule is C/C=C/C=C(\C=C/C=C(\NN)c1ccccc1)c1ccccc1.C=C/C=C\C=C/C(=C)/C=C\C=C/CC1(c2ccccc2)c2ccc(C)cc2-c2cc3c(cc21)C=CCC3.CC. The molecule has 0 fully saturated rings. The molecule has 3 N–H and O–H groups in total. The van der Waals surface area contributed by atoms with Crippen LogP contribution in [0.15, 0.2) is 237 Å². The number of aryl methyl sites for hydroxylation is 2. The highest BCUT2D eigenvalue weighted by atomic mass is 15.2. The molecule has 1 atom stereocenters. The summed E-state index contributed by atoms with van der Waals surface area (Å²) in [5, 5.41) is 0. The van der Waals surface area contributed by atoms with Crippen molar-refractivity contribution < 1.29 is 0 Å². The average Bonchev–Trinajstić information content (AvgIpc) is 3.59. The maximum atomic E-state index is 5.64. The lowest BCUT2D eigenvalue weighted by Gasteiger charge is -2.32. The third-order valence-electron chi connectivity index (χ3n) is 10.8. The van der Waals surface area contributed by atoms with Crippen LogP contribution in [0.5, 0.6) is 0 Å². The fraction of sp³-hybridized carbons (Fsp3) is 0.133. The van der Waals surface area contributed by atoms with Crippen LogP contribution in [0.2, 0.25) is 0 Å². The van der Waals surface area contributed by atoms with Crippen LogP contribution in [-0.4, -0.2) is 0 Å². The molecule has 312 valence electrons. The molecule has 5 aromatic carbocycles. The molecule has 0 saturated carbocycles. The second-order valence-electron chi connectivity index (χ2n) is 14.9. The first-order valence-corrected chi connectivity index (χ1v) is 21.8. The molecule has 2 nitrogen and oxygen atoms in total. The maximum absolute atomic E-state index is 5.64. The van der Waals surface area contributed by atoms with Gasteiger partial charge in [-0.2, -0.15) is 0 Å². The van der Waals surface area contributed by atoms with Crippen LogP contribution in [0.25, 0.3) is 28.5 Å². The predicted molar refractivity (Wildman–Crippen MR) is 272 cm³/mol. The first kappa shape index (κ1) is 46.1. The van der Waals surface area contributed by atoms with E-state index in [4.69, 9.17) is 5.84 Å². The van der Waals surface area contributed by atoms with Crippen molar-refractivity contribution in [2.45, 2.75) is 52.4 Å². The Morgan fingerprint density at radius 1 is 0.694 bits per heavy atom. The van der Waals surface area contributed by atoms with Crippen LogP contribution in [-0.2, 0) is 11.8 Å². The zero-order valence-electron chi connectivity index (χ0n) is 37.0. The zero-order valence-corrected chi connectivity index (χ0v) is 37.0. The molecule has 7 rings (SSSR count). The molecule has 0 amide bonds. The molecule has 0 heterocycles. The minimum absolute atomic E-state index is 0.226. The Morgan fingerprint density at radius 3 is 2.03 bits per heavy atom. The fourth-order valence-electron chi connectivity index (χ4n) is 7.88. The summed E-state index contributed by atoms with van der Waals surface area (Å²) < 4.78 is 0. The number of allylic oxidation sites excluding steroid dienone is 18. The molecule has 0 saturated heterocycles. The highest BCUT2D eigenvalue weighted by Gasteiger charge is 2.44. The van der Waals surface area contributed by atoms with E-state index in [1.54, 1.807) is 6.08 Å². The second kappa shape index (κ2) is 24.3. The topological polar surface area (TPSA) is 38.0 Å². The summed E-state index contributed by atoms with van der Waals surface area (Å²) in [7, 11) is 0. The fourth-order valence-corrected chi connectivity index (χ4v) is 7.88. The van der Waals surface area contributed by atoms with Gasteiger partial charge in [-0.05, 0) is 106 Å². The van der Waals surface area contributed by atoms with Crippen molar-refractivity contribution in [1.29, 1.82) is 0 Å². The van der Waals surface area contributed by atoms with E-state index in [1.807, 2.05) is 124 Å². The molecule has 2 heteroatoms. The molecule has 0 radical (unpaired) electrons. The van der Waals surface area contributed by atoms with Gasteiger partial charge in [0.05, 0.1) is 5.70 Å². The van der Waals surface area contributed by atoms with Crippen molar-refractivity contribution in [2.24, 2.45) is 5.84 Å². The van der Waals surface area contributed by atoms with Crippen LogP contribution < -0.4 is 11.3 Å². The van der Waals surface area contributed by atoms with Crippen molar-refractivity contribution in [3.8, 4) is 11.1 Å². The van der Waals surface area contributed by atoms with E-state index >= 15 is 0 Å². The molecule has 2 aliphatic rings. The standard InChI is InChI=1S/C37H34.C21H22N2.C2H6/c1-4-5-6-9-16-28(2)17-10-8-15-24-37(32-20-11-7-12-21-32)35-23-22-29(3)25-33(35)34-26-30-18-13-14-19-31(30)27-36(34)37;1-2-3-11-18(19-12-6-4-7-13-19)16-10-17-21(23-22)20-14-8-5-9-15-20;1-2/h4-12,14-17,19-23,25-27H,1-2,13,18,24H2,3H3;2-17,23H,22H2,1H3;1-2H3/b6-5-,15-8-,16-9-,17-10-;3-2+,16-10-,18-11+,21-17-;.